The Bertz CT molecular complexity index is 612. The van der Waals surface area contributed by atoms with E-state index in [1.807, 2.05) is 12.1 Å². The number of carbonyl (C=O) groups is 1. The fraction of sp³-hybridized carbons (Fsp3) is 0.133. The molecule has 2 rings (SSSR count). The molecule has 0 atom stereocenters. The van der Waals surface area contributed by atoms with E-state index in [-0.39, 0.29) is 12.5 Å². The average Bonchev–Trinajstić information content (AvgIpc) is 2.41. The third-order valence-corrected chi connectivity index (χ3v) is 3.16. The topological polar surface area (TPSA) is 75.4 Å². The number of anilines is 2. The molecule has 0 unspecified atom stereocenters. The van der Waals surface area contributed by atoms with Crippen LogP contribution in [0.5, 0.6) is 0 Å². The smallest absolute Gasteiger partial charge is 0.257 e. The van der Waals surface area contributed by atoms with E-state index in [0.717, 1.165) is 5.56 Å². The molecule has 0 heterocycles. The van der Waals surface area contributed by atoms with Crippen LogP contribution in [0.25, 0.3) is 0 Å². The molecule has 0 fully saturated rings. The molecule has 0 aliphatic heterocycles. The van der Waals surface area contributed by atoms with E-state index < -0.39 is 0 Å². The van der Waals surface area contributed by atoms with Crippen LogP contribution in [0.1, 0.15) is 15.9 Å². The van der Waals surface area contributed by atoms with Gasteiger partial charge in [-0.25, -0.2) is 0 Å². The average molecular weight is 291 g/mol. The standard InChI is InChI=1S/C15H15ClN2O2/c16-14-9-11(17)3-6-13(14)15(20)18-12-4-1-10(2-5-12)7-8-19/h1-6,9,19H,7-8,17H2,(H,18,20). The molecule has 0 bridgehead atoms. The summed E-state index contributed by atoms with van der Waals surface area (Å²) in [6.07, 6.45) is 0.595. The zero-order valence-corrected chi connectivity index (χ0v) is 11.5. The van der Waals surface area contributed by atoms with Gasteiger partial charge in [0.1, 0.15) is 0 Å². The van der Waals surface area contributed by atoms with Crippen LogP contribution in [0.3, 0.4) is 0 Å². The molecule has 0 aliphatic carbocycles. The van der Waals surface area contributed by atoms with Crippen molar-refractivity contribution in [3.63, 3.8) is 0 Å². The monoisotopic (exact) mass is 290 g/mol. The molecule has 2 aromatic carbocycles. The van der Waals surface area contributed by atoms with Crippen LogP contribution >= 0.6 is 11.6 Å². The van der Waals surface area contributed by atoms with Gasteiger partial charge in [-0.3, -0.25) is 4.79 Å². The first kappa shape index (κ1) is 14.4. The van der Waals surface area contributed by atoms with E-state index in [1.165, 1.54) is 0 Å². The molecule has 1 amide bonds. The third-order valence-electron chi connectivity index (χ3n) is 2.85. The second-order valence-corrected chi connectivity index (χ2v) is 4.77. The Labute approximate surface area is 122 Å². The number of nitrogens with one attached hydrogen (secondary N) is 1. The Hall–Kier alpha value is -2.04. The zero-order chi connectivity index (χ0) is 14.5. The van der Waals surface area contributed by atoms with Crippen LogP contribution in [0.2, 0.25) is 5.02 Å². The number of hydrogen-bond donors (Lipinski definition) is 3. The molecule has 0 saturated heterocycles. The Balaban J connectivity index is 2.11. The maximum Gasteiger partial charge on any atom is 0.257 e. The predicted molar refractivity (Wildman–Crippen MR) is 81.0 cm³/mol. The molecule has 0 spiro atoms. The lowest BCUT2D eigenvalue weighted by atomic mass is 10.1. The van der Waals surface area contributed by atoms with Gasteiger partial charge in [-0.15, -0.1) is 0 Å². The highest BCUT2D eigenvalue weighted by atomic mass is 35.5. The highest BCUT2D eigenvalue weighted by Gasteiger charge is 2.10. The van der Waals surface area contributed by atoms with Gasteiger partial charge in [-0.05, 0) is 42.3 Å². The van der Waals surface area contributed by atoms with E-state index in [9.17, 15) is 4.79 Å². The van der Waals surface area contributed by atoms with Gasteiger partial charge >= 0.3 is 0 Å². The first-order valence-electron chi connectivity index (χ1n) is 6.16. The van der Waals surface area contributed by atoms with Crippen LogP contribution in [-0.2, 0) is 6.42 Å². The van der Waals surface area contributed by atoms with Crippen molar-refractivity contribution in [3.05, 3.63) is 58.6 Å². The summed E-state index contributed by atoms with van der Waals surface area (Å²) in [4.78, 5) is 12.1. The molecule has 0 radical (unpaired) electrons. The van der Waals surface area contributed by atoms with E-state index in [0.29, 0.717) is 28.4 Å². The summed E-state index contributed by atoms with van der Waals surface area (Å²) < 4.78 is 0. The summed E-state index contributed by atoms with van der Waals surface area (Å²) in [5, 5.41) is 11.9. The van der Waals surface area contributed by atoms with Crippen LogP contribution in [0.15, 0.2) is 42.5 Å². The summed E-state index contributed by atoms with van der Waals surface area (Å²) in [7, 11) is 0. The van der Waals surface area contributed by atoms with E-state index in [1.54, 1.807) is 30.3 Å². The first-order valence-corrected chi connectivity index (χ1v) is 6.54. The minimum atomic E-state index is -0.287. The quantitative estimate of drug-likeness (QED) is 0.758. The number of nitrogen functional groups attached to an aromatic ring is 1. The molecule has 0 saturated carbocycles. The number of halogens is 1. The molecule has 4 nitrogen and oxygen atoms in total. The van der Waals surface area contributed by atoms with Gasteiger partial charge in [0.15, 0.2) is 0 Å². The van der Waals surface area contributed by atoms with Crippen molar-refractivity contribution in [2.75, 3.05) is 17.7 Å². The Morgan fingerprint density at radius 3 is 2.50 bits per heavy atom. The number of hydrogen-bond acceptors (Lipinski definition) is 3. The van der Waals surface area contributed by atoms with E-state index in [2.05, 4.69) is 5.32 Å². The minimum absolute atomic E-state index is 0.104. The number of nitrogens with two attached hydrogens (primary N) is 1. The van der Waals surface area contributed by atoms with E-state index >= 15 is 0 Å². The van der Waals surface area contributed by atoms with Crippen molar-refractivity contribution >= 4 is 28.9 Å². The van der Waals surface area contributed by atoms with Crippen molar-refractivity contribution < 1.29 is 9.90 Å². The van der Waals surface area contributed by atoms with Gasteiger partial charge in [0, 0.05) is 18.0 Å². The predicted octanol–water partition coefficient (Wildman–Crippen LogP) is 2.71. The lowest BCUT2D eigenvalue weighted by molar-refractivity contribution is 0.102. The van der Waals surface area contributed by atoms with Crippen molar-refractivity contribution in [2.45, 2.75) is 6.42 Å². The lowest BCUT2D eigenvalue weighted by Crippen LogP contribution is -2.12. The molecule has 104 valence electrons. The van der Waals surface area contributed by atoms with Crippen LogP contribution < -0.4 is 11.1 Å². The van der Waals surface area contributed by atoms with Crippen molar-refractivity contribution in [2.24, 2.45) is 0 Å². The maximum atomic E-state index is 12.1. The van der Waals surface area contributed by atoms with Crippen molar-refractivity contribution in [1.29, 1.82) is 0 Å². The van der Waals surface area contributed by atoms with Gasteiger partial charge in [0.25, 0.3) is 5.91 Å². The fourth-order valence-corrected chi connectivity index (χ4v) is 2.07. The molecule has 4 N–H and O–H groups in total. The van der Waals surface area contributed by atoms with Gasteiger partial charge in [0.2, 0.25) is 0 Å². The normalized spacial score (nSPS) is 10.3. The third kappa shape index (κ3) is 3.50. The number of benzene rings is 2. The SMILES string of the molecule is Nc1ccc(C(=O)Nc2ccc(CCO)cc2)c(Cl)c1. The number of rotatable bonds is 4. The van der Waals surface area contributed by atoms with Crippen molar-refractivity contribution in [1.82, 2.24) is 0 Å². The molecular weight excluding hydrogens is 276 g/mol. The molecule has 5 heteroatoms. The highest BCUT2D eigenvalue weighted by Crippen LogP contribution is 2.20. The maximum absolute atomic E-state index is 12.1. The first-order chi connectivity index (χ1) is 9.60. The van der Waals surface area contributed by atoms with Crippen molar-refractivity contribution in [3.8, 4) is 0 Å². The van der Waals surface area contributed by atoms with Gasteiger partial charge in [0.05, 0.1) is 10.6 Å². The Morgan fingerprint density at radius 2 is 1.90 bits per heavy atom. The highest BCUT2D eigenvalue weighted by molar-refractivity contribution is 6.34. The van der Waals surface area contributed by atoms with Gasteiger partial charge in [-0.1, -0.05) is 23.7 Å². The van der Waals surface area contributed by atoms with Crippen LogP contribution in [0, 0.1) is 0 Å². The number of carbonyl (C=O) groups excluding carboxylic acids is 1. The lowest BCUT2D eigenvalue weighted by Gasteiger charge is -2.08. The zero-order valence-electron chi connectivity index (χ0n) is 10.8. The summed E-state index contributed by atoms with van der Waals surface area (Å²) in [5.41, 5.74) is 8.16. The molecule has 0 aliphatic rings. The second kappa shape index (κ2) is 6.41. The Kier molecular flexibility index (Phi) is 4.61. The summed E-state index contributed by atoms with van der Waals surface area (Å²) in [5.74, 6) is -0.287. The number of amides is 1. The molecular formula is C15H15ClN2O2. The summed E-state index contributed by atoms with van der Waals surface area (Å²) in [6.45, 7) is 0.104. The molecule has 20 heavy (non-hydrogen) atoms. The van der Waals surface area contributed by atoms with Gasteiger partial charge < -0.3 is 16.2 Å². The summed E-state index contributed by atoms with van der Waals surface area (Å²) in [6, 6.07) is 12.0. The van der Waals surface area contributed by atoms with Crippen LogP contribution in [0.4, 0.5) is 11.4 Å². The minimum Gasteiger partial charge on any atom is -0.399 e. The molecule has 0 aromatic heterocycles. The molecule has 2 aromatic rings. The Morgan fingerprint density at radius 1 is 1.20 bits per heavy atom. The largest absolute Gasteiger partial charge is 0.399 e. The van der Waals surface area contributed by atoms with E-state index in [4.69, 9.17) is 22.4 Å². The fourth-order valence-electron chi connectivity index (χ4n) is 1.80. The summed E-state index contributed by atoms with van der Waals surface area (Å²) >= 11 is 5.99. The van der Waals surface area contributed by atoms with Crippen LogP contribution in [-0.4, -0.2) is 17.6 Å². The van der Waals surface area contributed by atoms with Gasteiger partial charge in [-0.2, -0.15) is 0 Å². The number of aliphatic hydroxyl groups excluding tert-OH is 1. The number of aliphatic hydroxyl groups is 1. The second-order valence-electron chi connectivity index (χ2n) is 4.36.